The third kappa shape index (κ3) is 3.63. The maximum Gasteiger partial charge on any atom is 0.295 e. The maximum absolute atomic E-state index is 13.4. The summed E-state index contributed by atoms with van der Waals surface area (Å²) in [5, 5.41) is 0. The van der Waals surface area contributed by atoms with E-state index in [-0.39, 0.29) is 23.5 Å². The molecule has 0 atom stereocenters. The van der Waals surface area contributed by atoms with Crippen molar-refractivity contribution >= 4 is 22.5 Å². The predicted molar refractivity (Wildman–Crippen MR) is 126 cm³/mol. The first-order valence-corrected chi connectivity index (χ1v) is 10.4. The van der Waals surface area contributed by atoms with Crippen LogP contribution in [0, 0.1) is 0 Å². The summed E-state index contributed by atoms with van der Waals surface area (Å²) in [7, 11) is 3.18. The fourth-order valence-electron chi connectivity index (χ4n) is 3.91. The summed E-state index contributed by atoms with van der Waals surface area (Å²) in [6, 6.07) is 21.8. The fourth-order valence-corrected chi connectivity index (χ4v) is 3.91. The molecule has 0 radical (unpaired) electrons. The van der Waals surface area contributed by atoms with Crippen molar-refractivity contribution in [3.8, 4) is 22.8 Å². The minimum Gasteiger partial charge on any atom is -0.497 e. The maximum atomic E-state index is 13.4. The molecule has 2 aromatic heterocycles. The molecule has 0 aliphatic heterocycles. The fraction of sp³-hybridized carbons (Fsp3) is 0.115. The number of carbonyl (C=O) groups excluding carboxylic acids is 1. The number of para-hydroxylation sites is 2. The Labute approximate surface area is 189 Å². The second-order valence-electron chi connectivity index (χ2n) is 7.58. The van der Waals surface area contributed by atoms with Crippen molar-refractivity contribution in [3.63, 3.8) is 0 Å². The summed E-state index contributed by atoms with van der Waals surface area (Å²) in [4.78, 5) is 31.0. The van der Waals surface area contributed by atoms with Crippen LogP contribution in [0.4, 0.5) is 0 Å². The monoisotopic (exact) mass is 439 g/mol. The van der Waals surface area contributed by atoms with Crippen molar-refractivity contribution in [3.05, 3.63) is 94.9 Å². The van der Waals surface area contributed by atoms with Gasteiger partial charge >= 0.3 is 0 Å². The lowest BCUT2D eigenvalue weighted by molar-refractivity contribution is 0.0972. The average molecular weight is 439 g/mol. The van der Waals surface area contributed by atoms with Gasteiger partial charge in [-0.2, -0.15) is 0 Å². The van der Waals surface area contributed by atoms with E-state index in [0.717, 1.165) is 16.8 Å². The van der Waals surface area contributed by atoms with Gasteiger partial charge in [-0.25, -0.2) is 4.98 Å². The summed E-state index contributed by atoms with van der Waals surface area (Å²) in [6.07, 6.45) is 1.84. The number of nitrogens with zero attached hydrogens (tertiary/aromatic N) is 3. The lowest BCUT2D eigenvalue weighted by Crippen LogP contribution is -2.26. The van der Waals surface area contributed by atoms with Crippen LogP contribution in [0.1, 0.15) is 10.4 Å². The second kappa shape index (κ2) is 8.27. The van der Waals surface area contributed by atoms with Crippen molar-refractivity contribution in [2.45, 2.75) is 6.54 Å². The topological polar surface area (TPSA) is 74.8 Å². The molecule has 0 unspecified atom stereocenters. The molecule has 0 aliphatic carbocycles. The zero-order chi connectivity index (χ0) is 22.9. The Bertz CT molecular complexity index is 1530. The Morgan fingerprint density at radius 1 is 0.848 bits per heavy atom. The molecule has 0 aliphatic rings. The van der Waals surface area contributed by atoms with Crippen molar-refractivity contribution in [1.29, 1.82) is 0 Å². The van der Waals surface area contributed by atoms with Crippen molar-refractivity contribution in [2.24, 2.45) is 0 Å². The number of methoxy groups -OCH3 is 2. The Morgan fingerprint density at radius 3 is 2.09 bits per heavy atom. The molecule has 5 aromatic rings. The molecular formula is C26H21N3O4. The summed E-state index contributed by atoms with van der Waals surface area (Å²) in [5.41, 5.74) is 3.44. The van der Waals surface area contributed by atoms with Crippen molar-refractivity contribution in [1.82, 2.24) is 14.0 Å². The standard InChI is InChI=1S/C26H21N3O4/c1-32-19-11-7-17(8-12-19)21-15-28-22-5-3-4-6-23(22)29(26(31)25(28)27-21)16-24(30)18-9-13-20(33-2)14-10-18/h3-15H,16H2,1-2H3. The molecule has 7 heteroatoms. The van der Waals surface area contributed by atoms with E-state index < -0.39 is 0 Å². The summed E-state index contributed by atoms with van der Waals surface area (Å²) in [6.45, 7) is -0.0904. The number of hydrogen-bond donors (Lipinski definition) is 0. The van der Waals surface area contributed by atoms with Gasteiger partial charge in [-0.1, -0.05) is 12.1 Å². The first kappa shape index (κ1) is 20.5. The van der Waals surface area contributed by atoms with Gasteiger partial charge in [0.05, 0.1) is 37.5 Å². The van der Waals surface area contributed by atoms with Crippen LogP contribution in [-0.2, 0) is 6.54 Å². The Balaban J connectivity index is 1.62. The van der Waals surface area contributed by atoms with Crippen LogP contribution in [-0.4, -0.2) is 34.0 Å². The zero-order valence-electron chi connectivity index (χ0n) is 18.2. The van der Waals surface area contributed by atoms with E-state index in [1.54, 1.807) is 42.9 Å². The van der Waals surface area contributed by atoms with Crippen LogP contribution < -0.4 is 15.0 Å². The molecule has 0 amide bonds. The molecule has 0 fully saturated rings. The number of benzene rings is 3. The van der Waals surface area contributed by atoms with Crippen molar-refractivity contribution < 1.29 is 14.3 Å². The van der Waals surface area contributed by atoms with Crippen LogP contribution in [0.25, 0.3) is 27.9 Å². The third-order valence-electron chi connectivity index (χ3n) is 5.67. The molecule has 0 bridgehead atoms. The SMILES string of the molecule is COc1ccc(C(=O)Cn2c(=O)c3nc(-c4ccc(OC)cc4)cn3c3ccccc32)cc1. The normalized spacial score (nSPS) is 11.1. The number of carbonyl (C=O) groups is 1. The predicted octanol–water partition coefficient (Wildman–Crippen LogP) is 4.22. The van der Waals surface area contributed by atoms with Gasteiger partial charge in [0.1, 0.15) is 11.5 Å². The molecular weight excluding hydrogens is 418 g/mol. The van der Waals surface area contributed by atoms with Crippen LogP contribution in [0.2, 0.25) is 0 Å². The quantitative estimate of drug-likeness (QED) is 0.371. The molecule has 3 aromatic carbocycles. The van der Waals surface area contributed by atoms with Gasteiger partial charge in [0, 0.05) is 17.3 Å². The van der Waals surface area contributed by atoms with Crippen LogP contribution in [0.3, 0.4) is 0 Å². The lowest BCUT2D eigenvalue weighted by atomic mass is 10.1. The van der Waals surface area contributed by atoms with Gasteiger partial charge in [0.2, 0.25) is 5.65 Å². The molecule has 5 rings (SSSR count). The van der Waals surface area contributed by atoms with Gasteiger partial charge < -0.3 is 9.47 Å². The lowest BCUT2D eigenvalue weighted by Gasteiger charge is -2.11. The van der Waals surface area contributed by atoms with Gasteiger partial charge in [0.25, 0.3) is 5.56 Å². The molecule has 164 valence electrons. The Kier molecular flexibility index (Phi) is 5.14. The molecule has 33 heavy (non-hydrogen) atoms. The highest BCUT2D eigenvalue weighted by Gasteiger charge is 2.17. The van der Waals surface area contributed by atoms with Crippen molar-refractivity contribution in [2.75, 3.05) is 14.2 Å². The van der Waals surface area contributed by atoms with Crippen LogP contribution in [0.5, 0.6) is 11.5 Å². The van der Waals surface area contributed by atoms with E-state index >= 15 is 0 Å². The number of rotatable bonds is 6. The van der Waals surface area contributed by atoms with E-state index in [4.69, 9.17) is 9.47 Å². The highest BCUT2D eigenvalue weighted by molar-refractivity contribution is 5.97. The number of hydrogen-bond acceptors (Lipinski definition) is 5. The first-order chi connectivity index (χ1) is 16.1. The number of ether oxygens (including phenoxy) is 2. The number of ketones is 1. The molecule has 0 spiro atoms. The smallest absolute Gasteiger partial charge is 0.295 e. The van der Waals surface area contributed by atoms with E-state index in [9.17, 15) is 9.59 Å². The molecule has 2 heterocycles. The molecule has 0 saturated carbocycles. The van der Waals surface area contributed by atoms with E-state index in [0.29, 0.717) is 22.5 Å². The first-order valence-electron chi connectivity index (χ1n) is 10.4. The van der Waals surface area contributed by atoms with E-state index in [1.165, 1.54) is 4.57 Å². The largest absolute Gasteiger partial charge is 0.497 e. The molecule has 7 nitrogen and oxygen atoms in total. The molecule has 0 N–H and O–H groups in total. The zero-order valence-corrected chi connectivity index (χ0v) is 18.2. The highest BCUT2D eigenvalue weighted by Crippen LogP contribution is 2.24. The average Bonchev–Trinajstić information content (AvgIpc) is 3.32. The summed E-state index contributed by atoms with van der Waals surface area (Å²) < 4.78 is 13.7. The second-order valence-corrected chi connectivity index (χ2v) is 7.58. The summed E-state index contributed by atoms with van der Waals surface area (Å²) in [5.74, 6) is 1.24. The van der Waals surface area contributed by atoms with E-state index in [1.807, 2.05) is 54.7 Å². The van der Waals surface area contributed by atoms with Gasteiger partial charge in [-0.05, 0) is 60.7 Å². The van der Waals surface area contributed by atoms with Crippen LogP contribution in [0.15, 0.2) is 83.8 Å². The van der Waals surface area contributed by atoms with Gasteiger partial charge in [-0.3, -0.25) is 18.6 Å². The number of fused-ring (bicyclic) bond motifs is 3. The minimum atomic E-state index is -0.324. The Hall–Kier alpha value is -4.39. The Morgan fingerprint density at radius 2 is 1.45 bits per heavy atom. The van der Waals surface area contributed by atoms with E-state index in [2.05, 4.69) is 4.98 Å². The number of Topliss-reactive ketones (excluding diaryl/α,β-unsaturated/α-hetero) is 1. The van der Waals surface area contributed by atoms with Gasteiger partial charge in [-0.15, -0.1) is 0 Å². The van der Waals surface area contributed by atoms with Gasteiger partial charge in [0.15, 0.2) is 5.78 Å². The third-order valence-corrected chi connectivity index (χ3v) is 5.67. The highest BCUT2D eigenvalue weighted by atomic mass is 16.5. The van der Waals surface area contributed by atoms with Crippen LogP contribution >= 0.6 is 0 Å². The summed E-state index contributed by atoms with van der Waals surface area (Å²) >= 11 is 0. The number of imidazole rings is 1. The minimum absolute atomic E-state index is 0.0904. The number of aromatic nitrogens is 3. The molecule has 0 saturated heterocycles.